The van der Waals surface area contributed by atoms with Gasteiger partial charge in [0.15, 0.2) is 6.10 Å². The molecule has 1 rings (SSSR count). The second-order valence-corrected chi connectivity index (χ2v) is 6.83. The molecule has 0 N–H and O–H groups in total. The largest absolute Gasteiger partial charge is 0.463 e. The summed E-state index contributed by atoms with van der Waals surface area (Å²) >= 11 is 0. The molecule has 0 saturated carbocycles. The molecule has 1 aliphatic heterocycles. The van der Waals surface area contributed by atoms with Gasteiger partial charge in [0.25, 0.3) is 20.2 Å². The summed E-state index contributed by atoms with van der Waals surface area (Å²) < 4.78 is 57.8. The van der Waals surface area contributed by atoms with Crippen LogP contribution in [0.25, 0.3) is 0 Å². The molecule has 0 bridgehead atoms. The first-order valence-corrected chi connectivity index (χ1v) is 7.79. The van der Waals surface area contributed by atoms with Crippen molar-refractivity contribution in [2.24, 2.45) is 0 Å². The van der Waals surface area contributed by atoms with Gasteiger partial charge in [-0.2, -0.15) is 16.8 Å². The average Bonchev–Trinajstić information content (AvgIpc) is 2.33. The van der Waals surface area contributed by atoms with Gasteiger partial charge in [0.1, 0.15) is 13.2 Å². The van der Waals surface area contributed by atoms with Crippen LogP contribution in [0.5, 0.6) is 0 Å². The van der Waals surface area contributed by atoms with Crippen LogP contribution in [-0.4, -0.2) is 47.2 Å². The molecular weight excluding hydrogens is 288 g/mol. The van der Waals surface area contributed by atoms with Crippen LogP contribution in [0.15, 0.2) is 0 Å². The molecule has 18 heavy (non-hydrogen) atoms. The Kier molecular flexibility index (Phi) is 4.69. The lowest BCUT2D eigenvalue weighted by atomic mass is 10.4. The van der Waals surface area contributed by atoms with E-state index >= 15 is 0 Å². The van der Waals surface area contributed by atoms with E-state index in [1.807, 2.05) is 0 Å². The summed E-state index contributed by atoms with van der Waals surface area (Å²) in [5.41, 5.74) is 0. The van der Waals surface area contributed by atoms with Crippen molar-refractivity contribution in [3.05, 3.63) is 0 Å². The van der Waals surface area contributed by atoms with Crippen molar-refractivity contribution in [1.82, 2.24) is 0 Å². The molecule has 0 amide bonds. The van der Waals surface area contributed by atoms with Crippen molar-refractivity contribution in [1.29, 1.82) is 0 Å². The van der Waals surface area contributed by atoms with Crippen molar-refractivity contribution < 1.29 is 34.7 Å². The van der Waals surface area contributed by atoms with E-state index < -0.39 is 44.0 Å². The lowest BCUT2D eigenvalue weighted by Crippen LogP contribution is -2.31. The molecule has 0 aliphatic carbocycles. The summed E-state index contributed by atoms with van der Waals surface area (Å²) in [5.74, 6) is 1.15. The fourth-order valence-corrected chi connectivity index (χ4v) is 3.75. The lowest BCUT2D eigenvalue weighted by Gasteiger charge is -2.11. The predicted octanol–water partition coefficient (Wildman–Crippen LogP) is -1.41. The Hall–Kier alpha value is -1.15. The summed E-state index contributed by atoms with van der Waals surface area (Å²) in [7, 11) is -8.68. The molecule has 1 heterocycles. The van der Waals surface area contributed by atoms with E-state index in [0.717, 1.165) is 0 Å². The Morgan fingerprint density at radius 3 is 2.61 bits per heavy atom. The fourth-order valence-electron chi connectivity index (χ4n) is 1.02. The molecule has 1 aliphatic rings. The van der Waals surface area contributed by atoms with Gasteiger partial charge in [-0.05, 0) is 0 Å². The second kappa shape index (κ2) is 5.66. The van der Waals surface area contributed by atoms with E-state index in [2.05, 4.69) is 19.0 Å². The quantitative estimate of drug-likeness (QED) is 0.270. The number of hydrogen-bond donors (Lipinski definition) is 0. The minimum atomic E-state index is -4.41. The minimum absolute atomic E-state index is 0.123. The molecule has 0 aromatic carbocycles. The van der Waals surface area contributed by atoms with Crippen molar-refractivity contribution in [3.63, 3.8) is 0 Å². The van der Waals surface area contributed by atoms with Crippen LogP contribution in [0.4, 0.5) is 0 Å². The van der Waals surface area contributed by atoms with Crippen LogP contribution >= 0.6 is 0 Å². The molecule has 8 nitrogen and oxygen atoms in total. The van der Waals surface area contributed by atoms with Crippen molar-refractivity contribution in [2.45, 2.75) is 12.5 Å². The van der Waals surface area contributed by atoms with Gasteiger partial charge in [0.2, 0.25) is 5.08 Å². The molecule has 0 spiro atoms. The topological polar surface area (TPSA) is 113 Å². The maximum atomic E-state index is 11.4. The maximum Gasteiger partial charge on any atom is 0.339 e. The van der Waals surface area contributed by atoms with Gasteiger partial charge in [0, 0.05) is 6.42 Å². The summed E-state index contributed by atoms with van der Waals surface area (Å²) in [4.78, 5) is 11.4. The number of carbonyl (C=O) groups is 1. The minimum Gasteiger partial charge on any atom is -0.463 e. The van der Waals surface area contributed by atoms with E-state index in [4.69, 9.17) is 6.42 Å². The van der Waals surface area contributed by atoms with E-state index in [0.29, 0.717) is 0 Å². The van der Waals surface area contributed by atoms with Crippen LogP contribution in [-0.2, 0) is 38.1 Å². The average molecular weight is 298 g/mol. The van der Waals surface area contributed by atoms with Gasteiger partial charge >= 0.3 is 5.97 Å². The molecule has 1 atom stereocenters. The number of ether oxygens (including phenoxy) is 1. The Morgan fingerprint density at radius 2 is 2.00 bits per heavy atom. The highest BCUT2D eigenvalue weighted by Gasteiger charge is 2.37. The normalized spacial score (nSPS) is 25.6. The molecule has 0 aromatic heterocycles. The first kappa shape index (κ1) is 14.9. The third-order valence-corrected chi connectivity index (χ3v) is 5.03. The van der Waals surface area contributed by atoms with Crippen molar-refractivity contribution >= 4 is 26.2 Å². The molecule has 0 aromatic rings. The Labute approximate surface area is 104 Å². The zero-order valence-electron chi connectivity index (χ0n) is 9.07. The number of terminal acetylenes is 1. The van der Waals surface area contributed by atoms with Gasteiger partial charge in [-0.25, -0.2) is 4.79 Å². The standard InChI is InChI=1S/C8H10O8S2/c1-2-3-4-14-8(9)7-5-15-17(10,11)6-18(12,13)16-7/h1,7H,3-6H2. The Morgan fingerprint density at radius 1 is 1.33 bits per heavy atom. The van der Waals surface area contributed by atoms with Gasteiger partial charge in [-0.3, -0.25) is 8.37 Å². The monoisotopic (exact) mass is 298 g/mol. The summed E-state index contributed by atoms with van der Waals surface area (Å²) in [6.45, 7) is -0.877. The summed E-state index contributed by atoms with van der Waals surface area (Å²) in [6, 6.07) is 0. The fraction of sp³-hybridized carbons (Fsp3) is 0.625. The van der Waals surface area contributed by atoms with E-state index in [-0.39, 0.29) is 13.0 Å². The predicted molar refractivity (Wildman–Crippen MR) is 57.9 cm³/mol. The van der Waals surface area contributed by atoms with Crippen LogP contribution in [0.1, 0.15) is 6.42 Å². The third kappa shape index (κ3) is 4.61. The van der Waals surface area contributed by atoms with Crippen LogP contribution in [0, 0.1) is 12.3 Å². The zero-order chi connectivity index (χ0) is 13.8. The highest BCUT2D eigenvalue weighted by atomic mass is 32.3. The van der Waals surface area contributed by atoms with Gasteiger partial charge in [0.05, 0.1) is 0 Å². The first-order valence-electron chi connectivity index (χ1n) is 4.64. The SMILES string of the molecule is C#CCCOC(=O)C1COS(=O)(=O)CS(=O)(=O)O1. The molecule has 102 valence electrons. The molecular formula is C8H10O8S2. The highest BCUT2D eigenvalue weighted by Crippen LogP contribution is 2.14. The van der Waals surface area contributed by atoms with Gasteiger partial charge in [-0.15, -0.1) is 12.3 Å². The first-order chi connectivity index (χ1) is 8.26. The van der Waals surface area contributed by atoms with Crippen LogP contribution in [0.2, 0.25) is 0 Å². The molecule has 1 saturated heterocycles. The lowest BCUT2D eigenvalue weighted by molar-refractivity contribution is -0.152. The van der Waals surface area contributed by atoms with Crippen LogP contribution in [0.3, 0.4) is 0 Å². The highest BCUT2D eigenvalue weighted by molar-refractivity contribution is 8.03. The third-order valence-electron chi connectivity index (χ3n) is 1.70. The molecule has 1 fully saturated rings. The Bertz CT molecular complexity index is 552. The maximum absolute atomic E-state index is 11.4. The number of rotatable bonds is 3. The second-order valence-electron chi connectivity index (χ2n) is 3.22. The van der Waals surface area contributed by atoms with E-state index in [1.54, 1.807) is 0 Å². The molecule has 10 heteroatoms. The van der Waals surface area contributed by atoms with Gasteiger partial charge < -0.3 is 4.74 Å². The molecule has 0 radical (unpaired) electrons. The van der Waals surface area contributed by atoms with E-state index in [1.165, 1.54) is 0 Å². The molecule has 1 unspecified atom stereocenters. The number of hydrogen-bond acceptors (Lipinski definition) is 8. The van der Waals surface area contributed by atoms with Gasteiger partial charge in [-0.1, -0.05) is 0 Å². The van der Waals surface area contributed by atoms with Crippen molar-refractivity contribution in [2.75, 3.05) is 18.3 Å². The van der Waals surface area contributed by atoms with E-state index in [9.17, 15) is 21.6 Å². The Balaban J connectivity index is 2.74. The number of carbonyl (C=O) groups excluding carboxylic acids is 1. The smallest absolute Gasteiger partial charge is 0.339 e. The van der Waals surface area contributed by atoms with Crippen LogP contribution < -0.4 is 0 Å². The number of esters is 1. The summed E-state index contributed by atoms with van der Waals surface area (Å²) in [6.07, 6.45) is 3.42. The zero-order valence-corrected chi connectivity index (χ0v) is 10.7. The van der Waals surface area contributed by atoms with Crippen molar-refractivity contribution in [3.8, 4) is 12.3 Å². The summed E-state index contributed by atoms with van der Waals surface area (Å²) in [5, 5.41) is -1.34.